The summed E-state index contributed by atoms with van der Waals surface area (Å²) in [5.41, 5.74) is 3.78. The van der Waals surface area contributed by atoms with E-state index < -0.39 is 6.10 Å². The minimum Gasteiger partial charge on any atom is -0.384 e. The maximum Gasteiger partial charge on any atom is 0.108 e. The van der Waals surface area contributed by atoms with Crippen LogP contribution in [0.1, 0.15) is 17.2 Å². The molecule has 0 radical (unpaired) electrons. The Morgan fingerprint density at radius 1 is 1.00 bits per heavy atom. The number of aromatic nitrogens is 1. The molecule has 124 valence electrons. The number of aliphatic hydroxyl groups excluding tert-OH is 1. The highest BCUT2D eigenvalue weighted by Crippen LogP contribution is 2.44. The summed E-state index contributed by atoms with van der Waals surface area (Å²) < 4.78 is 0. The first kappa shape index (κ1) is 16.5. The maximum atomic E-state index is 11.1. The van der Waals surface area contributed by atoms with Gasteiger partial charge in [0.25, 0.3) is 0 Å². The smallest absolute Gasteiger partial charge is 0.108 e. The van der Waals surface area contributed by atoms with Gasteiger partial charge in [0.1, 0.15) is 6.10 Å². The number of pyridine rings is 1. The van der Waals surface area contributed by atoms with E-state index in [2.05, 4.69) is 21.8 Å². The molecule has 3 aromatic heterocycles. The molecule has 0 fully saturated rings. The van der Waals surface area contributed by atoms with Crippen molar-refractivity contribution in [1.29, 1.82) is 0 Å². The molecule has 4 aromatic rings. The van der Waals surface area contributed by atoms with Gasteiger partial charge < -0.3 is 5.11 Å². The number of thiophene rings is 2. The lowest BCUT2D eigenvalue weighted by Crippen LogP contribution is -2.01. The fourth-order valence-corrected chi connectivity index (χ4v) is 4.92. The second kappa shape index (κ2) is 7.10. The van der Waals surface area contributed by atoms with Gasteiger partial charge in [-0.1, -0.05) is 35.9 Å². The molecule has 25 heavy (non-hydrogen) atoms. The third-order valence-corrected chi connectivity index (χ3v) is 6.30. The largest absolute Gasteiger partial charge is 0.384 e. The number of nitrogens with zero attached hydrogens (tertiary/aromatic N) is 1. The first-order valence-electron chi connectivity index (χ1n) is 7.73. The quantitative estimate of drug-likeness (QED) is 0.450. The Balaban J connectivity index is 1.89. The third-order valence-electron chi connectivity index (χ3n) is 4.00. The van der Waals surface area contributed by atoms with E-state index in [4.69, 9.17) is 11.6 Å². The Bertz CT molecular complexity index is 963. The number of halogens is 1. The highest BCUT2D eigenvalue weighted by Gasteiger charge is 2.23. The number of benzene rings is 1. The lowest BCUT2D eigenvalue weighted by molar-refractivity contribution is 0.221. The van der Waals surface area contributed by atoms with Crippen LogP contribution in [-0.4, -0.2) is 10.1 Å². The van der Waals surface area contributed by atoms with Crippen LogP contribution < -0.4 is 0 Å². The molecular formula is C20H14ClNOS2. The van der Waals surface area contributed by atoms with E-state index in [-0.39, 0.29) is 0 Å². The summed E-state index contributed by atoms with van der Waals surface area (Å²) in [6, 6.07) is 15.6. The fraction of sp³-hybridized carbons (Fsp3) is 0.0500. The van der Waals surface area contributed by atoms with Crippen molar-refractivity contribution in [3.8, 4) is 20.9 Å². The molecule has 1 N–H and O–H groups in total. The monoisotopic (exact) mass is 383 g/mol. The van der Waals surface area contributed by atoms with Crippen LogP contribution in [0.25, 0.3) is 20.9 Å². The van der Waals surface area contributed by atoms with Gasteiger partial charge in [0, 0.05) is 33.4 Å². The van der Waals surface area contributed by atoms with Gasteiger partial charge in [-0.3, -0.25) is 4.98 Å². The Morgan fingerprint density at radius 3 is 2.52 bits per heavy atom. The number of rotatable bonds is 4. The van der Waals surface area contributed by atoms with Crippen LogP contribution in [0.15, 0.2) is 71.7 Å². The summed E-state index contributed by atoms with van der Waals surface area (Å²) in [5, 5.41) is 16.0. The van der Waals surface area contributed by atoms with Crippen molar-refractivity contribution in [2.45, 2.75) is 6.10 Å². The summed E-state index contributed by atoms with van der Waals surface area (Å²) in [6.45, 7) is 0. The summed E-state index contributed by atoms with van der Waals surface area (Å²) in [7, 11) is 0. The minimum absolute atomic E-state index is 0.701. The Kier molecular flexibility index (Phi) is 4.68. The molecule has 0 aliphatic heterocycles. The molecule has 4 rings (SSSR count). The minimum atomic E-state index is -0.734. The lowest BCUT2D eigenvalue weighted by atomic mass is 9.95. The normalized spacial score (nSPS) is 12.2. The second-order valence-corrected chi connectivity index (χ2v) is 7.83. The lowest BCUT2D eigenvalue weighted by Gasteiger charge is -2.15. The van der Waals surface area contributed by atoms with Gasteiger partial charge in [0.15, 0.2) is 0 Å². The molecule has 0 bridgehead atoms. The predicted molar refractivity (Wildman–Crippen MR) is 106 cm³/mol. The van der Waals surface area contributed by atoms with E-state index in [0.29, 0.717) is 5.02 Å². The summed E-state index contributed by atoms with van der Waals surface area (Å²) in [4.78, 5) is 6.40. The number of hydrogen-bond donors (Lipinski definition) is 1. The van der Waals surface area contributed by atoms with Gasteiger partial charge in [-0.25, -0.2) is 0 Å². The van der Waals surface area contributed by atoms with E-state index in [1.807, 2.05) is 42.5 Å². The Labute approximate surface area is 159 Å². The van der Waals surface area contributed by atoms with E-state index in [1.165, 1.54) is 0 Å². The predicted octanol–water partition coefficient (Wildman–Crippen LogP) is 6.27. The van der Waals surface area contributed by atoms with Gasteiger partial charge in [0.05, 0.1) is 4.88 Å². The van der Waals surface area contributed by atoms with Gasteiger partial charge in [-0.2, -0.15) is 0 Å². The van der Waals surface area contributed by atoms with Gasteiger partial charge in [-0.05, 0) is 46.2 Å². The first-order valence-corrected chi connectivity index (χ1v) is 9.87. The standard InChI is InChI=1S/C20H14ClNOS2/c21-15-7-5-13(6-8-15)16-12-25-20(17-4-2-10-24-17)18(16)19(23)14-3-1-9-22-11-14/h1-12,19,23H. The molecule has 0 aliphatic rings. The molecular weight excluding hydrogens is 370 g/mol. The zero-order valence-electron chi connectivity index (χ0n) is 13.1. The average Bonchev–Trinajstić information content (AvgIpc) is 3.32. The molecule has 0 saturated carbocycles. The molecule has 0 aliphatic carbocycles. The van der Waals surface area contributed by atoms with E-state index in [9.17, 15) is 5.11 Å². The highest BCUT2D eigenvalue weighted by atomic mass is 35.5. The average molecular weight is 384 g/mol. The first-order chi connectivity index (χ1) is 12.2. The molecule has 5 heteroatoms. The summed E-state index contributed by atoms with van der Waals surface area (Å²) in [5.74, 6) is 0. The van der Waals surface area contributed by atoms with Crippen molar-refractivity contribution in [2.24, 2.45) is 0 Å². The summed E-state index contributed by atoms with van der Waals surface area (Å²) in [6.07, 6.45) is 2.69. The highest BCUT2D eigenvalue weighted by molar-refractivity contribution is 7.20. The van der Waals surface area contributed by atoms with Crippen molar-refractivity contribution in [2.75, 3.05) is 0 Å². The molecule has 0 saturated heterocycles. The second-order valence-electron chi connectivity index (χ2n) is 5.57. The zero-order chi connectivity index (χ0) is 17.2. The van der Waals surface area contributed by atoms with Gasteiger partial charge in [-0.15, -0.1) is 22.7 Å². The molecule has 1 atom stereocenters. The van der Waals surface area contributed by atoms with Crippen LogP contribution in [0.2, 0.25) is 5.02 Å². The van der Waals surface area contributed by atoms with Crippen molar-refractivity contribution in [3.63, 3.8) is 0 Å². The van der Waals surface area contributed by atoms with Crippen molar-refractivity contribution in [3.05, 3.63) is 87.8 Å². The molecule has 0 spiro atoms. The Morgan fingerprint density at radius 2 is 1.84 bits per heavy atom. The number of aliphatic hydroxyl groups is 1. The molecule has 1 unspecified atom stereocenters. The fourth-order valence-electron chi connectivity index (χ4n) is 2.79. The van der Waals surface area contributed by atoms with Crippen LogP contribution in [-0.2, 0) is 0 Å². The van der Waals surface area contributed by atoms with Crippen LogP contribution in [0, 0.1) is 0 Å². The van der Waals surface area contributed by atoms with Crippen molar-refractivity contribution < 1.29 is 5.11 Å². The van der Waals surface area contributed by atoms with Crippen molar-refractivity contribution in [1.82, 2.24) is 4.98 Å². The SMILES string of the molecule is OC(c1cccnc1)c1c(-c2ccc(Cl)cc2)csc1-c1cccs1. The molecule has 1 aromatic carbocycles. The van der Waals surface area contributed by atoms with Crippen LogP contribution in [0.3, 0.4) is 0 Å². The Hall–Kier alpha value is -1.98. The molecule has 2 nitrogen and oxygen atoms in total. The van der Waals surface area contributed by atoms with Gasteiger partial charge >= 0.3 is 0 Å². The van der Waals surface area contributed by atoms with Crippen LogP contribution in [0.5, 0.6) is 0 Å². The van der Waals surface area contributed by atoms with E-state index in [1.54, 1.807) is 35.1 Å². The maximum absolute atomic E-state index is 11.1. The molecule has 3 heterocycles. The zero-order valence-corrected chi connectivity index (χ0v) is 15.5. The number of hydrogen-bond acceptors (Lipinski definition) is 4. The topological polar surface area (TPSA) is 33.1 Å². The van der Waals surface area contributed by atoms with Crippen LogP contribution >= 0.6 is 34.3 Å². The van der Waals surface area contributed by atoms with E-state index in [0.717, 1.165) is 32.0 Å². The van der Waals surface area contributed by atoms with Crippen LogP contribution in [0.4, 0.5) is 0 Å². The molecule has 0 amide bonds. The third kappa shape index (κ3) is 3.26. The summed E-state index contributed by atoms with van der Waals surface area (Å²) >= 11 is 9.36. The van der Waals surface area contributed by atoms with E-state index >= 15 is 0 Å². The van der Waals surface area contributed by atoms with Crippen molar-refractivity contribution >= 4 is 34.3 Å². The van der Waals surface area contributed by atoms with Gasteiger partial charge in [0.2, 0.25) is 0 Å².